The summed E-state index contributed by atoms with van der Waals surface area (Å²) in [5, 5.41) is 2.82. The van der Waals surface area contributed by atoms with Crippen molar-refractivity contribution in [2.24, 2.45) is 0 Å². The quantitative estimate of drug-likeness (QED) is 0.870. The van der Waals surface area contributed by atoms with Crippen molar-refractivity contribution in [3.05, 3.63) is 30.3 Å². The zero-order chi connectivity index (χ0) is 15.9. The Morgan fingerprint density at radius 3 is 2.38 bits per heavy atom. The van der Waals surface area contributed by atoms with Crippen LogP contribution in [0.25, 0.3) is 0 Å². The first-order chi connectivity index (χ1) is 9.78. The van der Waals surface area contributed by atoms with Crippen molar-refractivity contribution in [1.82, 2.24) is 10.2 Å². The number of ether oxygens (including phenoxy) is 1. The molecular formula is C16H24N2O3. The standard InChI is InChI=1S/C16H24N2O3/c1-16(2,3)17-14(19)12-18(4)15(20)10-11-21-13-8-6-5-7-9-13/h5-9H,10-12H2,1-4H3,(H,17,19). The molecule has 0 heterocycles. The minimum Gasteiger partial charge on any atom is -0.493 e. The Balaban J connectivity index is 2.29. The van der Waals surface area contributed by atoms with E-state index in [9.17, 15) is 9.59 Å². The predicted octanol–water partition coefficient (Wildman–Crippen LogP) is 1.83. The Hall–Kier alpha value is -2.04. The Kier molecular flexibility index (Phi) is 6.21. The summed E-state index contributed by atoms with van der Waals surface area (Å²) in [6, 6.07) is 9.33. The van der Waals surface area contributed by atoms with Crippen LogP contribution >= 0.6 is 0 Å². The molecule has 1 aromatic rings. The zero-order valence-electron chi connectivity index (χ0n) is 13.2. The molecule has 1 N–H and O–H groups in total. The molecule has 5 nitrogen and oxygen atoms in total. The van der Waals surface area contributed by atoms with Gasteiger partial charge < -0.3 is 15.0 Å². The number of para-hydroxylation sites is 1. The highest BCUT2D eigenvalue weighted by Crippen LogP contribution is 2.08. The van der Waals surface area contributed by atoms with Crippen molar-refractivity contribution in [2.75, 3.05) is 20.2 Å². The number of nitrogens with one attached hydrogen (secondary N) is 1. The molecular weight excluding hydrogens is 268 g/mol. The molecule has 0 aliphatic carbocycles. The predicted molar refractivity (Wildman–Crippen MR) is 82.1 cm³/mol. The van der Waals surface area contributed by atoms with Crippen LogP contribution in [-0.2, 0) is 9.59 Å². The van der Waals surface area contributed by atoms with Crippen molar-refractivity contribution in [2.45, 2.75) is 32.7 Å². The van der Waals surface area contributed by atoms with Gasteiger partial charge in [-0.1, -0.05) is 18.2 Å². The number of carbonyl (C=O) groups is 2. The highest BCUT2D eigenvalue weighted by Gasteiger charge is 2.17. The third-order valence-electron chi connectivity index (χ3n) is 2.65. The topological polar surface area (TPSA) is 58.6 Å². The van der Waals surface area contributed by atoms with Gasteiger partial charge in [-0.25, -0.2) is 0 Å². The number of hydrogen-bond acceptors (Lipinski definition) is 3. The normalized spacial score (nSPS) is 10.9. The third-order valence-corrected chi connectivity index (χ3v) is 2.65. The molecule has 0 spiro atoms. The van der Waals surface area contributed by atoms with Crippen molar-refractivity contribution in [3.8, 4) is 5.75 Å². The van der Waals surface area contributed by atoms with Gasteiger partial charge in [-0.2, -0.15) is 0 Å². The van der Waals surface area contributed by atoms with Crippen LogP contribution in [-0.4, -0.2) is 42.5 Å². The molecule has 0 unspecified atom stereocenters. The number of likely N-dealkylation sites (N-methyl/N-ethyl adjacent to an activating group) is 1. The first-order valence-corrected chi connectivity index (χ1v) is 7.01. The van der Waals surface area contributed by atoms with Crippen molar-refractivity contribution < 1.29 is 14.3 Å². The van der Waals surface area contributed by atoms with E-state index in [1.165, 1.54) is 4.90 Å². The SMILES string of the molecule is CN(CC(=O)NC(C)(C)C)C(=O)CCOc1ccccc1. The first-order valence-electron chi connectivity index (χ1n) is 7.01. The van der Waals surface area contributed by atoms with Crippen LogP contribution in [0.2, 0.25) is 0 Å². The lowest BCUT2D eigenvalue weighted by Gasteiger charge is -2.23. The Labute approximate surface area is 126 Å². The number of amides is 2. The summed E-state index contributed by atoms with van der Waals surface area (Å²) in [5.74, 6) is 0.454. The molecule has 0 fully saturated rings. The van der Waals surface area contributed by atoms with Crippen LogP contribution in [0, 0.1) is 0 Å². The van der Waals surface area contributed by atoms with Gasteiger partial charge >= 0.3 is 0 Å². The fourth-order valence-corrected chi connectivity index (χ4v) is 1.73. The van der Waals surface area contributed by atoms with E-state index in [1.807, 2.05) is 51.1 Å². The molecule has 0 radical (unpaired) electrons. The van der Waals surface area contributed by atoms with Gasteiger partial charge in [0.05, 0.1) is 19.6 Å². The summed E-state index contributed by atoms with van der Waals surface area (Å²) in [7, 11) is 1.62. The molecule has 0 aromatic heterocycles. The molecule has 0 aliphatic heterocycles. The lowest BCUT2D eigenvalue weighted by Crippen LogP contribution is -2.46. The number of carbonyl (C=O) groups excluding carboxylic acids is 2. The number of nitrogens with zero attached hydrogens (tertiary/aromatic N) is 1. The largest absolute Gasteiger partial charge is 0.493 e. The van der Waals surface area contributed by atoms with Gasteiger partial charge in [0.2, 0.25) is 11.8 Å². The lowest BCUT2D eigenvalue weighted by atomic mass is 10.1. The number of hydrogen-bond donors (Lipinski definition) is 1. The van der Waals surface area contributed by atoms with Crippen LogP contribution in [0.15, 0.2) is 30.3 Å². The first kappa shape index (κ1) is 17.0. The summed E-state index contributed by atoms with van der Waals surface area (Å²) in [4.78, 5) is 25.0. The van der Waals surface area contributed by atoms with Crippen LogP contribution < -0.4 is 10.1 Å². The maximum atomic E-state index is 11.9. The van der Waals surface area contributed by atoms with Gasteiger partial charge in [0.15, 0.2) is 0 Å². The van der Waals surface area contributed by atoms with Gasteiger partial charge in [0, 0.05) is 12.6 Å². The third kappa shape index (κ3) is 7.34. The fourth-order valence-electron chi connectivity index (χ4n) is 1.73. The summed E-state index contributed by atoms with van der Waals surface area (Å²) in [6.45, 7) is 6.07. The Morgan fingerprint density at radius 1 is 1.19 bits per heavy atom. The monoisotopic (exact) mass is 292 g/mol. The molecule has 0 aliphatic rings. The molecule has 0 atom stereocenters. The molecule has 1 rings (SSSR count). The molecule has 1 aromatic carbocycles. The van der Waals surface area contributed by atoms with Crippen LogP contribution in [0.3, 0.4) is 0 Å². The summed E-state index contributed by atoms with van der Waals surface area (Å²) >= 11 is 0. The van der Waals surface area contributed by atoms with Gasteiger partial charge in [0.25, 0.3) is 0 Å². The molecule has 21 heavy (non-hydrogen) atoms. The van der Waals surface area contributed by atoms with Crippen molar-refractivity contribution in [3.63, 3.8) is 0 Å². The molecule has 0 bridgehead atoms. The molecule has 0 saturated carbocycles. The number of benzene rings is 1. The fraction of sp³-hybridized carbons (Fsp3) is 0.500. The van der Waals surface area contributed by atoms with E-state index in [0.717, 1.165) is 5.75 Å². The summed E-state index contributed by atoms with van der Waals surface area (Å²) in [6.07, 6.45) is 0.244. The summed E-state index contributed by atoms with van der Waals surface area (Å²) in [5.41, 5.74) is -0.294. The van der Waals surface area contributed by atoms with Gasteiger partial charge in [-0.05, 0) is 32.9 Å². The Bertz CT molecular complexity index is 466. The molecule has 116 valence electrons. The van der Waals surface area contributed by atoms with Crippen molar-refractivity contribution >= 4 is 11.8 Å². The second-order valence-corrected chi connectivity index (χ2v) is 5.96. The number of rotatable bonds is 6. The van der Waals surface area contributed by atoms with E-state index in [1.54, 1.807) is 7.05 Å². The van der Waals surface area contributed by atoms with Crippen LogP contribution in [0.5, 0.6) is 5.75 Å². The van der Waals surface area contributed by atoms with E-state index >= 15 is 0 Å². The average Bonchev–Trinajstić information content (AvgIpc) is 2.37. The smallest absolute Gasteiger partial charge is 0.240 e. The average molecular weight is 292 g/mol. The molecule has 0 saturated heterocycles. The second-order valence-electron chi connectivity index (χ2n) is 5.96. The highest BCUT2D eigenvalue weighted by atomic mass is 16.5. The Morgan fingerprint density at radius 2 is 1.81 bits per heavy atom. The lowest BCUT2D eigenvalue weighted by molar-refractivity contribution is -0.135. The van der Waals surface area contributed by atoms with Crippen LogP contribution in [0.4, 0.5) is 0 Å². The maximum Gasteiger partial charge on any atom is 0.240 e. The summed E-state index contributed by atoms with van der Waals surface area (Å²) < 4.78 is 5.46. The highest BCUT2D eigenvalue weighted by molar-refractivity contribution is 5.84. The van der Waals surface area contributed by atoms with Gasteiger partial charge in [0.1, 0.15) is 5.75 Å². The molecule has 5 heteroatoms. The van der Waals surface area contributed by atoms with E-state index < -0.39 is 0 Å². The minimum atomic E-state index is -0.294. The minimum absolute atomic E-state index is 0.0570. The van der Waals surface area contributed by atoms with E-state index in [4.69, 9.17) is 4.74 Å². The van der Waals surface area contributed by atoms with E-state index in [0.29, 0.717) is 6.61 Å². The zero-order valence-corrected chi connectivity index (χ0v) is 13.2. The van der Waals surface area contributed by atoms with Crippen molar-refractivity contribution in [1.29, 1.82) is 0 Å². The second kappa shape index (κ2) is 7.67. The van der Waals surface area contributed by atoms with E-state index in [2.05, 4.69) is 5.32 Å². The van der Waals surface area contributed by atoms with E-state index in [-0.39, 0.29) is 30.3 Å². The van der Waals surface area contributed by atoms with Gasteiger partial charge in [-0.15, -0.1) is 0 Å². The molecule has 2 amide bonds. The van der Waals surface area contributed by atoms with Crippen LogP contribution in [0.1, 0.15) is 27.2 Å². The van der Waals surface area contributed by atoms with Gasteiger partial charge in [-0.3, -0.25) is 9.59 Å². The maximum absolute atomic E-state index is 11.9.